The molecule has 0 spiro atoms. The third-order valence-electron chi connectivity index (χ3n) is 1.69. The molecule has 0 radical (unpaired) electrons. The Balaban J connectivity index is 0.000000845. The summed E-state index contributed by atoms with van der Waals surface area (Å²) < 4.78 is 0. The number of halogens is 1. The van der Waals surface area contributed by atoms with E-state index in [0.29, 0.717) is 0 Å². The predicted octanol–water partition coefficient (Wildman–Crippen LogP) is 2.13. The number of rotatable bonds is 0. The fourth-order valence-corrected chi connectivity index (χ4v) is 1.10. The number of nitrogens with zero attached hydrogens (tertiary/aromatic N) is 1. The van der Waals surface area contributed by atoms with Crippen LogP contribution in [0.3, 0.4) is 0 Å². The molecule has 0 amide bonds. The molecule has 1 heterocycles. The highest BCUT2D eigenvalue weighted by atomic mass is 35.5. The van der Waals surface area contributed by atoms with E-state index in [9.17, 15) is 5.11 Å². The summed E-state index contributed by atoms with van der Waals surface area (Å²) in [6.45, 7) is 0. The molecule has 1 aliphatic heterocycles. The minimum Gasteiger partial charge on any atom is -0.507 e. The SMILES string of the molecule is Cl.Oc1cccc2c1C=NC=CN2. The third-order valence-corrected chi connectivity index (χ3v) is 1.69. The standard InChI is InChI=1S/C9H8N2O.ClH/c12-9-3-1-2-8-7(9)6-10-4-5-11-8;/h1-6,11-12H;1H. The first-order valence-corrected chi connectivity index (χ1v) is 3.64. The number of nitrogens with one attached hydrogen (secondary N) is 1. The van der Waals surface area contributed by atoms with Crippen LogP contribution >= 0.6 is 12.4 Å². The Morgan fingerprint density at radius 1 is 1.31 bits per heavy atom. The van der Waals surface area contributed by atoms with Gasteiger partial charge in [-0.2, -0.15) is 0 Å². The van der Waals surface area contributed by atoms with Gasteiger partial charge < -0.3 is 10.4 Å². The highest BCUT2D eigenvalue weighted by molar-refractivity contribution is 5.92. The van der Waals surface area contributed by atoms with E-state index < -0.39 is 0 Å². The van der Waals surface area contributed by atoms with Crippen molar-refractivity contribution in [2.75, 3.05) is 5.32 Å². The fourth-order valence-electron chi connectivity index (χ4n) is 1.10. The van der Waals surface area contributed by atoms with Crippen LogP contribution in [0.25, 0.3) is 0 Å². The number of phenolic OH excluding ortho intramolecular Hbond substituents is 1. The molecule has 0 unspecified atom stereocenters. The van der Waals surface area contributed by atoms with Crippen molar-refractivity contribution in [1.29, 1.82) is 0 Å². The number of benzene rings is 1. The quantitative estimate of drug-likeness (QED) is 0.668. The summed E-state index contributed by atoms with van der Waals surface area (Å²) in [5.41, 5.74) is 1.59. The first-order chi connectivity index (χ1) is 5.88. The lowest BCUT2D eigenvalue weighted by Crippen LogP contribution is -1.91. The molecule has 0 fully saturated rings. The minimum absolute atomic E-state index is 0. The van der Waals surface area contributed by atoms with Crippen molar-refractivity contribution in [3.63, 3.8) is 0 Å². The van der Waals surface area contributed by atoms with E-state index >= 15 is 0 Å². The zero-order chi connectivity index (χ0) is 8.39. The van der Waals surface area contributed by atoms with E-state index in [1.165, 1.54) is 0 Å². The van der Waals surface area contributed by atoms with E-state index in [4.69, 9.17) is 0 Å². The number of hydrogen-bond donors (Lipinski definition) is 2. The van der Waals surface area contributed by atoms with E-state index in [-0.39, 0.29) is 18.2 Å². The summed E-state index contributed by atoms with van der Waals surface area (Å²) in [6, 6.07) is 5.31. The van der Waals surface area contributed by atoms with Crippen molar-refractivity contribution in [2.45, 2.75) is 0 Å². The van der Waals surface area contributed by atoms with E-state index in [2.05, 4.69) is 10.3 Å². The molecule has 1 aliphatic rings. The highest BCUT2D eigenvalue weighted by Gasteiger charge is 2.04. The Morgan fingerprint density at radius 2 is 2.15 bits per heavy atom. The number of aliphatic imine (C=N–C) groups is 1. The summed E-state index contributed by atoms with van der Waals surface area (Å²) >= 11 is 0. The third kappa shape index (κ3) is 1.81. The summed E-state index contributed by atoms with van der Waals surface area (Å²) in [6.07, 6.45) is 4.99. The first kappa shape index (κ1) is 9.61. The maximum absolute atomic E-state index is 9.42. The van der Waals surface area contributed by atoms with Gasteiger partial charge in [-0.1, -0.05) is 6.07 Å². The van der Waals surface area contributed by atoms with Gasteiger partial charge in [0.2, 0.25) is 0 Å². The number of aromatic hydroxyl groups is 1. The molecule has 0 saturated heterocycles. The molecule has 0 aromatic heterocycles. The van der Waals surface area contributed by atoms with Crippen LogP contribution in [0, 0.1) is 0 Å². The van der Waals surface area contributed by atoms with Crippen LogP contribution in [0.5, 0.6) is 5.75 Å². The average Bonchev–Trinajstić information content (AvgIpc) is 2.30. The van der Waals surface area contributed by atoms with Crippen molar-refractivity contribution >= 4 is 24.3 Å². The molecular formula is C9H9ClN2O. The number of fused-ring (bicyclic) bond motifs is 1. The molecule has 2 N–H and O–H groups in total. The van der Waals surface area contributed by atoms with Crippen LogP contribution in [0.15, 0.2) is 35.6 Å². The van der Waals surface area contributed by atoms with Gasteiger partial charge in [0, 0.05) is 18.6 Å². The molecule has 3 nitrogen and oxygen atoms in total. The van der Waals surface area contributed by atoms with Crippen molar-refractivity contribution < 1.29 is 5.11 Å². The van der Waals surface area contributed by atoms with Crippen LogP contribution in [0.1, 0.15) is 5.56 Å². The lowest BCUT2D eigenvalue weighted by atomic mass is 10.2. The van der Waals surface area contributed by atoms with Gasteiger partial charge in [0.1, 0.15) is 5.75 Å². The molecule has 0 atom stereocenters. The molecule has 13 heavy (non-hydrogen) atoms. The first-order valence-electron chi connectivity index (χ1n) is 3.64. The van der Waals surface area contributed by atoms with Gasteiger partial charge in [0.05, 0.1) is 11.3 Å². The molecule has 0 aliphatic carbocycles. The topological polar surface area (TPSA) is 44.6 Å². The maximum Gasteiger partial charge on any atom is 0.126 e. The molecular weight excluding hydrogens is 188 g/mol. The molecule has 1 aromatic carbocycles. The predicted molar refractivity (Wildman–Crippen MR) is 55.7 cm³/mol. The number of phenols is 1. The Hall–Kier alpha value is -1.48. The van der Waals surface area contributed by atoms with E-state index in [1.54, 1.807) is 30.7 Å². The highest BCUT2D eigenvalue weighted by Crippen LogP contribution is 2.24. The van der Waals surface area contributed by atoms with Gasteiger partial charge >= 0.3 is 0 Å². The van der Waals surface area contributed by atoms with Gasteiger partial charge in [-0.15, -0.1) is 12.4 Å². The second-order valence-electron chi connectivity index (χ2n) is 2.48. The van der Waals surface area contributed by atoms with Crippen molar-refractivity contribution in [1.82, 2.24) is 0 Å². The van der Waals surface area contributed by atoms with E-state index in [1.807, 2.05) is 6.07 Å². The van der Waals surface area contributed by atoms with Crippen molar-refractivity contribution in [2.24, 2.45) is 4.99 Å². The van der Waals surface area contributed by atoms with Crippen LogP contribution in [0.4, 0.5) is 5.69 Å². The summed E-state index contributed by atoms with van der Waals surface area (Å²) in [4.78, 5) is 3.94. The second-order valence-corrected chi connectivity index (χ2v) is 2.48. The Kier molecular flexibility index (Phi) is 2.93. The fraction of sp³-hybridized carbons (Fsp3) is 0. The monoisotopic (exact) mass is 196 g/mol. The lowest BCUT2D eigenvalue weighted by molar-refractivity contribution is 0.475. The van der Waals surface area contributed by atoms with Crippen LogP contribution in [-0.4, -0.2) is 11.3 Å². The molecule has 0 saturated carbocycles. The summed E-state index contributed by atoms with van der Waals surface area (Å²) in [5.74, 6) is 0.243. The van der Waals surface area contributed by atoms with Gasteiger partial charge in [-0.05, 0) is 12.1 Å². The Bertz CT molecular complexity index is 361. The summed E-state index contributed by atoms with van der Waals surface area (Å²) in [5, 5.41) is 12.4. The van der Waals surface area contributed by atoms with E-state index in [0.717, 1.165) is 11.3 Å². The van der Waals surface area contributed by atoms with Gasteiger partial charge in [0.15, 0.2) is 0 Å². The zero-order valence-corrected chi connectivity index (χ0v) is 7.58. The lowest BCUT2D eigenvalue weighted by Gasteiger charge is -2.04. The van der Waals surface area contributed by atoms with Gasteiger partial charge in [0.25, 0.3) is 0 Å². The van der Waals surface area contributed by atoms with Crippen molar-refractivity contribution in [3.8, 4) is 5.75 Å². The van der Waals surface area contributed by atoms with Crippen molar-refractivity contribution in [3.05, 3.63) is 36.2 Å². The zero-order valence-electron chi connectivity index (χ0n) is 6.77. The maximum atomic E-state index is 9.42. The molecule has 1 aromatic rings. The van der Waals surface area contributed by atoms with Crippen LogP contribution in [0.2, 0.25) is 0 Å². The normalized spacial score (nSPS) is 12.3. The van der Waals surface area contributed by atoms with Gasteiger partial charge in [-0.3, -0.25) is 4.99 Å². The Morgan fingerprint density at radius 3 is 3.00 bits per heavy atom. The number of anilines is 1. The smallest absolute Gasteiger partial charge is 0.126 e. The van der Waals surface area contributed by atoms with Gasteiger partial charge in [-0.25, -0.2) is 0 Å². The Labute approximate surface area is 82.2 Å². The number of hydrogen-bond acceptors (Lipinski definition) is 3. The molecule has 2 rings (SSSR count). The molecule has 4 heteroatoms. The average molecular weight is 197 g/mol. The largest absolute Gasteiger partial charge is 0.507 e. The summed E-state index contributed by atoms with van der Waals surface area (Å²) in [7, 11) is 0. The second kappa shape index (κ2) is 3.96. The minimum atomic E-state index is 0. The van der Waals surface area contributed by atoms with Crippen LogP contribution in [-0.2, 0) is 0 Å². The van der Waals surface area contributed by atoms with Crippen LogP contribution < -0.4 is 5.32 Å². The molecule has 0 bridgehead atoms. The molecule has 68 valence electrons.